The average molecular weight is 172 g/mol. The summed E-state index contributed by atoms with van der Waals surface area (Å²) in [5.41, 5.74) is 0. The van der Waals surface area contributed by atoms with Gasteiger partial charge in [-0.25, -0.2) is 4.79 Å². The predicted octanol–water partition coefficient (Wildman–Crippen LogP) is 1.68. The van der Waals surface area contributed by atoms with Crippen molar-refractivity contribution in [3.05, 3.63) is 4.91 Å². The molecule has 1 amide bonds. The molecule has 68 valence electrons. The van der Waals surface area contributed by atoms with Gasteiger partial charge in [-0.05, 0) is 26.7 Å². The van der Waals surface area contributed by atoms with E-state index in [2.05, 4.69) is 5.29 Å². The third-order valence-corrected chi connectivity index (χ3v) is 1.50. The molecular weight excluding hydrogens is 160 g/mol. The van der Waals surface area contributed by atoms with E-state index in [4.69, 9.17) is 4.74 Å². The molecule has 0 aliphatic heterocycles. The summed E-state index contributed by atoms with van der Waals surface area (Å²) in [5, 5.41) is 3.49. The van der Waals surface area contributed by atoms with Gasteiger partial charge in [-0.2, -0.15) is 5.01 Å². The molecule has 12 heavy (non-hydrogen) atoms. The number of nitrogens with zero attached hydrogens (tertiary/aromatic N) is 2. The van der Waals surface area contributed by atoms with Gasteiger partial charge in [0.25, 0.3) is 0 Å². The molecule has 1 saturated carbocycles. The van der Waals surface area contributed by atoms with Crippen molar-refractivity contribution in [1.29, 1.82) is 0 Å². The van der Waals surface area contributed by atoms with E-state index in [1.54, 1.807) is 13.8 Å². The monoisotopic (exact) mass is 172 g/mol. The van der Waals surface area contributed by atoms with E-state index in [1.807, 2.05) is 0 Å². The van der Waals surface area contributed by atoms with Gasteiger partial charge in [0.05, 0.1) is 17.4 Å². The van der Waals surface area contributed by atoms with Crippen LogP contribution in [0.5, 0.6) is 0 Å². The molecule has 0 radical (unpaired) electrons. The summed E-state index contributed by atoms with van der Waals surface area (Å²) in [7, 11) is 0. The first-order valence-corrected chi connectivity index (χ1v) is 3.98. The molecule has 0 aromatic heterocycles. The molecule has 5 heteroatoms. The Balaban J connectivity index is 2.41. The van der Waals surface area contributed by atoms with Gasteiger partial charge in [0.15, 0.2) is 0 Å². The first kappa shape index (κ1) is 8.96. The van der Waals surface area contributed by atoms with Crippen LogP contribution in [0.15, 0.2) is 5.29 Å². The zero-order valence-corrected chi connectivity index (χ0v) is 7.19. The largest absolute Gasteiger partial charge is 0.445 e. The van der Waals surface area contributed by atoms with Crippen molar-refractivity contribution < 1.29 is 9.53 Å². The van der Waals surface area contributed by atoms with E-state index < -0.39 is 6.09 Å². The van der Waals surface area contributed by atoms with E-state index in [0.29, 0.717) is 0 Å². The van der Waals surface area contributed by atoms with Crippen LogP contribution < -0.4 is 0 Å². The van der Waals surface area contributed by atoms with Crippen molar-refractivity contribution in [3.8, 4) is 0 Å². The normalized spacial score (nSPS) is 15.9. The van der Waals surface area contributed by atoms with Gasteiger partial charge in [0, 0.05) is 0 Å². The number of amides is 1. The van der Waals surface area contributed by atoms with Crippen molar-refractivity contribution in [2.45, 2.75) is 38.8 Å². The SMILES string of the molecule is CC(C)OC(=O)N(N=O)C1CC1. The fourth-order valence-electron chi connectivity index (χ4n) is 0.824. The molecule has 1 rings (SSSR count). The molecule has 0 heterocycles. The minimum Gasteiger partial charge on any atom is -0.445 e. The fraction of sp³-hybridized carbons (Fsp3) is 0.857. The van der Waals surface area contributed by atoms with Crippen molar-refractivity contribution in [3.63, 3.8) is 0 Å². The highest BCUT2D eigenvalue weighted by Crippen LogP contribution is 2.27. The lowest BCUT2D eigenvalue weighted by Crippen LogP contribution is -2.30. The summed E-state index contributed by atoms with van der Waals surface area (Å²) in [5.74, 6) is 0. The van der Waals surface area contributed by atoms with Crippen molar-refractivity contribution in [2.75, 3.05) is 0 Å². The average Bonchev–Trinajstić information content (AvgIpc) is 2.70. The highest BCUT2D eigenvalue weighted by Gasteiger charge is 2.35. The van der Waals surface area contributed by atoms with Crippen LogP contribution in [-0.4, -0.2) is 23.2 Å². The molecule has 1 fully saturated rings. The number of hydrogen-bond acceptors (Lipinski definition) is 4. The first-order valence-electron chi connectivity index (χ1n) is 3.98. The molecule has 0 atom stereocenters. The van der Waals surface area contributed by atoms with Crippen molar-refractivity contribution in [1.82, 2.24) is 5.01 Å². The molecule has 0 N–H and O–H groups in total. The molecule has 0 saturated heterocycles. The van der Waals surface area contributed by atoms with Crippen LogP contribution in [0.3, 0.4) is 0 Å². The maximum atomic E-state index is 11.1. The molecule has 0 unspecified atom stereocenters. The number of ether oxygens (including phenoxy) is 1. The Hall–Kier alpha value is -1.13. The summed E-state index contributed by atoms with van der Waals surface area (Å²) in [4.78, 5) is 21.3. The second-order valence-electron chi connectivity index (χ2n) is 3.09. The second-order valence-corrected chi connectivity index (χ2v) is 3.09. The zero-order valence-electron chi connectivity index (χ0n) is 7.19. The Morgan fingerprint density at radius 2 is 2.17 bits per heavy atom. The molecular formula is C7H12N2O3. The summed E-state index contributed by atoms with van der Waals surface area (Å²) in [6, 6.07) is -0.0197. The van der Waals surface area contributed by atoms with E-state index in [9.17, 15) is 9.70 Å². The minimum atomic E-state index is -0.637. The highest BCUT2D eigenvalue weighted by molar-refractivity contribution is 5.68. The van der Waals surface area contributed by atoms with E-state index >= 15 is 0 Å². The topological polar surface area (TPSA) is 59.0 Å². The second kappa shape index (κ2) is 3.51. The maximum absolute atomic E-state index is 11.1. The van der Waals surface area contributed by atoms with Crippen molar-refractivity contribution >= 4 is 6.09 Å². The van der Waals surface area contributed by atoms with Crippen LogP contribution in [0.25, 0.3) is 0 Å². The summed E-state index contributed by atoms with van der Waals surface area (Å²) in [6.45, 7) is 3.46. The predicted molar refractivity (Wildman–Crippen MR) is 42.3 cm³/mol. The summed E-state index contributed by atoms with van der Waals surface area (Å²) in [6.07, 6.45) is 0.848. The molecule has 0 aromatic carbocycles. The summed E-state index contributed by atoms with van der Waals surface area (Å²) < 4.78 is 4.80. The quantitative estimate of drug-likeness (QED) is 0.480. The van der Waals surface area contributed by atoms with Gasteiger partial charge in [0.1, 0.15) is 0 Å². The minimum absolute atomic E-state index is 0.0197. The van der Waals surface area contributed by atoms with Crippen LogP contribution in [0.1, 0.15) is 26.7 Å². The fourth-order valence-corrected chi connectivity index (χ4v) is 0.824. The molecule has 0 bridgehead atoms. The van der Waals surface area contributed by atoms with Gasteiger partial charge in [0.2, 0.25) is 0 Å². The Morgan fingerprint density at radius 3 is 2.50 bits per heavy atom. The van der Waals surface area contributed by atoms with Crippen LogP contribution >= 0.6 is 0 Å². The van der Waals surface area contributed by atoms with Gasteiger partial charge >= 0.3 is 6.09 Å². The maximum Gasteiger partial charge on any atom is 0.433 e. The van der Waals surface area contributed by atoms with Crippen LogP contribution in [0.2, 0.25) is 0 Å². The van der Waals surface area contributed by atoms with Crippen LogP contribution in [0, 0.1) is 4.91 Å². The first-order chi connectivity index (χ1) is 5.65. The third kappa shape index (κ3) is 2.18. The molecule has 5 nitrogen and oxygen atoms in total. The number of carbonyl (C=O) groups is 1. The van der Waals surface area contributed by atoms with Crippen LogP contribution in [-0.2, 0) is 4.74 Å². The highest BCUT2D eigenvalue weighted by atomic mass is 16.6. The lowest BCUT2D eigenvalue weighted by molar-refractivity contribution is 0.0748. The smallest absolute Gasteiger partial charge is 0.433 e. The number of carbonyl (C=O) groups excluding carboxylic acids is 1. The van der Waals surface area contributed by atoms with Crippen molar-refractivity contribution in [2.24, 2.45) is 5.29 Å². The number of hydrogen-bond donors (Lipinski definition) is 0. The van der Waals surface area contributed by atoms with E-state index in [1.165, 1.54) is 0 Å². The van der Waals surface area contributed by atoms with Gasteiger partial charge < -0.3 is 4.74 Å². The van der Waals surface area contributed by atoms with E-state index in [0.717, 1.165) is 17.9 Å². The lowest BCUT2D eigenvalue weighted by Gasteiger charge is -2.14. The standard InChI is InChI=1S/C7H12N2O3/c1-5(2)12-7(10)9(8-11)6-3-4-6/h5-6H,3-4H2,1-2H3. The third-order valence-electron chi connectivity index (χ3n) is 1.50. The lowest BCUT2D eigenvalue weighted by atomic mass is 10.5. The number of nitroso groups, excluding NO2 is 1. The Kier molecular flexibility index (Phi) is 2.62. The Morgan fingerprint density at radius 1 is 1.58 bits per heavy atom. The Bertz CT molecular complexity index is 189. The van der Waals surface area contributed by atoms with Gasteiger partial charge in [-0.15, -0.1) is 4.91 Å². The molecule has 1 aliphatic rings. The summed E-state index contributed by atoms with van der Waals surface area (Å²) >= 11 is 0. The molecule has 0 spiro atoms. The number of rotatable bonds is 3. The van der Waals surface area contributed by atoms with Crippen LogP contribution in [0.4, 0.5) is 4.79 Å². The van der Waals surface area contributed by atoms with Gasteiger partial charge in [-0.3, -0.25) is 0 Å². The molecule has 0 aromatic rings. The zero-order chi connectivity index (χ0) is 9.14. The van der Waals surface area contributed by atoms with E-state index in [-0.39, 0.29) is 12.1 Å². The molecule has 1 aliphatic carbocycles. The Labute approximate surface area is 70.6 Å². The van der Waals surface area contributed by atoms with Gasteiger partial charge in [-0.1, -0.05) is 0 Å².